The van der Waals surface area contributed by atoms with Crippen molar-refractivity contribution >= 4 is 33.2 Å². The largest absolute Gasteiger partial charge is 0.329 e. The Kier molecular flexibility index (Phi) is 6.61. The Morgan fingerprint density at radius 2 is 1.71 bits per heavy atom. The van der Waals surface area contributed by atoms with E-state index in [0.717, 1.165) is 17.2 Å². The molecule has 21 heavy (non-hydrogen) atoms. The van der Waals surface area contributed by atoms with Gasteiger partial charge in [0, 0.05) is 25.0 Å². The SMILES string of the molecule is CCCN(CCN)S(=O)(=O)c1cccc2ccccc12.Cl. The minimum atomic E-state index is -3.50. The normalized spacial score (nSPS) is 11.6. The molecule has 0 radical (unpaired) electrons. The van der Waals surface area contributed by atoms with Gasteiger partial charge in [0.2, 0.25) is 10.0 Å². The lowest BCUT2D eigenvalue weighted by atomic mass is 10.1. The van der Waals surface area contributed by atoms with Crippen LogP contribution in [0, 0.1) is 0 Å². The predicted molar refractivity (Wildman–Crippen MR) is 89.3 cm³/mol. The molecule has 0 saturated carbocycles. The summed E-state index contributed by atoms with van der Waals surface area (Å²) in [4.78, 5) is 0.359. The van der Waals surface area contributed by atoms with E-state index in [9.17, 15) is 8.42 Å². The van der Waals surface area contributed by atoms with Gasteiger partial charge in [0.05, 0.1) is 4.90 Å². The number of benzene rings is 2. The zero-order valence-electron chi connectivity index (χ0n) is 12.0. The first-order chi connectivity index (χ1) is 9.61. The van der Waals surface area contributed by atoms with E-state index in [-0.39, 0.29) is 12.4 Å². The smallest absolute Gasteiger partial charge is 0.243 e. The molecular weight excluding hydrogens is 308 g/mol. The Morgan fingerprint density at radius 1 is 1.05 bits per heavy atom. The molecular formula is C15H21ClN2O2S. The third-order valence-electron chi connectivity index (χ3n) is 3.22. The lowest BCUT2D eigenvalue weighted by molar-refractivity contribution is 0.418. The molecule has 0 heterocycles. The van der Waals surface area contributed by atoms with Crippen molar-refractivity contribution in [1.82, 2.24) is 4.31 Å². The van der Waals surface area contributed by atoms with E-state index in [1.807, 2.05) is 37.3 Å². The molecule has 0 aliphatic carbocycles. The molecule has 0 unspecified atom stereocenters. The minimum absolute atomic E-state index is 0. The summed E-state index contributed by atoms with van der Waals surface area (Å²) < 4.78 is 27.1. The van der Waals surface area contributed by atoms with E-state index in [2.05, 4.69) is 0 Å². The highest BCUT2D eigenvalue weighted by Crippen LogP contribution is 2.25. The van der Waals surface area contributed by atoms with Crippen LogP contribution in [0.15, 0.2) is 47.4 Å². The summed E-state index contributed by atoms with van der Waals surface area (Å²) >= 11 is 0. The number of nitrogens with two attached hydrogens (primary N) is 1. The fourth-order valence-electron chi connectivity index (χ4n) is 2.31. The van der Waals surface area contributed by atoms with E-state index in [4.69, 9.17) is 5.73 Å². The molecule has 0 fully saturated rings. The maximum absolute atomic E-state index is 12.8. The standard InChI is InChI=1S/C15H20N2O2S.ClH/c1-2-11-17(12-10-16)20(18,19)15-9-5-7-13-6-3-4-8-14(13)15;/h3-9H,2,10-12,16H2,1H3;1H. The van der Waals surface area contributed by atoms with Crippen LogP contribution in [-0.4, -0.2) is 32.4 Å². The summed E-state index contributed by atoms with van der Waals surface area (Å²) in [5, 5.41) is 1.69. The van der Waals surface area contributed by atoms with Crippen LogP contribution in [0.25, 0.3) is 10.8 Å². The van der Waals surface area contributed by atoms with Gasteiger partial charge in [-0.25, -0.2) is 8.42 Å². The van der Waals surface area contributed by atoms with Crippen molar-refractivity contribution in [3.05, 3.63) is 42.5 Å². The van der Waals surface area contributed by atoms with Gasteiger partial charge >= 0.3 is 0 Å². The summed E-state index contributed by atoms with van der Waals surface area (Å²) in [5.74, 6) is 0. The first-order valence-electron chi connectivity index (χ1n) is 6.79. The summed E-state index contributed by atoms with van der Waals surface area (Å²) in [5.41, 5.74) is 5.54. The van der Waals surface area contributed by atoms with Crippen LogP contribution in [0.1, 0.15) is 13.3 Å². The van der Waals surface area contributed by atoms with Crippen molar-refractivity contribution in [3.8, 4) is 0 Å². The molecule has 0 aromatic heterocycles. The molecule has 116 valence electrons. The van der Waals surface area contributed by atoms with Gasteiger partial charge in [-0.3, -0.25) is 0 Å². The highest BCUT2D eigenvalue weighted by atomic mass is 35.5. The molecule has 0 amide bonds. The van der Waals surface area contributed by atoms with Crippen molar-refractivity contribution in [1.29, 1.82) is 0 Å². The number of rotatable bonds is 6. The zero-order chi connectivity index (χ0) is 14.6. The second-order valence-electron chi connectivity index (χ2n) is 4.67. The second-order valence-corrected chi connectivity index (χ2v) is 6.58. The van der Waals surface area contributed by atoms with Crippen LogP contribution in [0.5, 0.6) is 0 Å². The minimum Gasteiger partial charge on any atom is -0.329 e. The van der Waals surface area contributed by atoms with Gasteiger partial charge in [0.25, 0.3) is 0 Å². The van der Waals surface area contributed by atoms with Gasteiger partial charge in [0.1, 0.15) is 0 Å². The molecule has 6 heteroatoms. The monoisotopic (exact) mass is 328 g/mol. The molecule has 0 aliphatic heterocycles. The number of hydrogen-bond acceptors (Lipinski definition) is 3. The van der Waals surface area contributed by atoms with Gasteiger partial charge in [0.15, 0.2) is 0 Å². The van der Waals surface area contributed by atoms with Crippen molar-refractivity contribution in [2.45, 2.75) is 18.2 Å². The fourth-order valence-corrected chi connectivity index (χ4v) is 4.07. The van der Waals surface area contributed by atoms with E-state index < -0.39 is 10.0 Å². The topological polar surface area (TPSA) is 63.4 Å². The Bertz CT molecular complexity index is 678. The predicted octanol–water partition coefficient (Wildman–Crippen LogP) is 2.62. The highest BCUT2D eigenvalue weighted by Gasteiger charge is 2.24. The van der Waals surface area contributed by atoms with Crippen LogP contribution >= 0.6 is 12.4 Å². The number of nitrogens with zero attached hydrogens (tertiary/aromatic N) is 1. The van der Waals surface area contributed by atoms with E-state index in [1.54, 1.807) is 12.1 Å². The lowest BCUT2D eigenvalue weighted by Gasteiger charge is -2.21. The van der Waals surface area contributed by atoms with Gasteiger partial charge in [-0.15, -0.1) is 12.4 Å². The molecule has 2 N–H and O–H groups in total. The molecule has 0 atom stereocenters. The Balaban J connectivity index is 0.00000220. The maximum atomic E-state index is 12.8. The third kappa shape index (κ3) is 3.74. The van der Waals surface area contributed by atoms with E-state index >= 15 is 0 Å². The summed E-state index contributed by atoms with van der Waals surface area (Å²) in [7, 11) is -3.50. The summed E-state index contributed by atoms with van der Waals surface area (Å²) in [6.45, 7) is 3.12. The number of hydrogen-bond donors (Lipinski definition) is 1. The third-order valence-corrected chi connectivity index (χ3v) is 5.18. The number of halogens is 1. The quantitative estimate of drug-likeness (QED) is 0.886. The van der Waals surface area contributed by atoms with Crippen molar-refractivity contribution < 1.29 is 8.42 Å². The first kappa shape index (κ1) is 17.9. The maximum Gasteiger partial charge on any atom is 0.243 e. The molecule has 0 bridgehead atoms. The number of fused-ring (bicyclic) bond motifs is 1. The molecule has 0 aliphatic rings. The van der Waals surface area contributed by atoms with Gasteiger partial charge in [-0.05, 0) is 17.9 Å². The van der Waals surface area contributed by atoms with Gasteiger partial charge in [-0.2, -0.15) is 4.31 Å². The summed E-state index contributed by atoms with van der Waals surface area (Å²) in [6, 6.07) is 12.9. The fraction of sp³-hybridized carbons (Fsp3) is 0.333. The van der Waals surface area contributed by atoms with E-state index in [0.29, 0.717) is 24.5 Å². The molecule has 0 saturated heterocycles. The van der Waals surface area contributed by atoms with Crippen LogP contribution < -0.4 is 5.73 Å². The van der Waals surface area contributed by atoms with Crippen LogP contribution in [-0.2, 0) is 10.0 Å². The lowest BCUT2D eigenvalue weighted by Crippen LogP contribution is -2.36. The Hall–Kier alpha value is -1.14. The van der Waals surface area contributed by atoms with Crippen LogP contribution in [0.2, 0.25) is 0 Å². The average Bonchev–Trinajstić information content (AvgIpc) is 2.46. The van der Waals surface area contributed by atoms with Crippen LogP contribution in [0.3, 0.4) is 0 Å². The van der Waals surface area contributed by atoms with E-state index in [1.165, 1.54) is 4.31 Å². The van der Waals surface area contributed by atoms with Gasteiger partial charge < -0.3 is 5.73 Å². The van der Waals surface area contributed by atoms with Crippen molar-refractivity contribution in [2.24, 2.45) is 5.73 Å². The van der Waals surface area contributed by atoms with Gasteiger partial charge in [-0.1, -0.05) is 43.3 Å². The Labute approximate surface area is 132 Å². The van der Waals surface area contributed by atoms with Crippen molar-refractivity contribution in [2.75, 3.05) is 19.6 Å². The molecule has 0 spiro atoms. The average molecular weight is 329 g/mol. The zero-order valence-corrected chi connectivity index (χ0v) is 13.7. The van der Waals surface area contributed by atoms with Crippen molar-refractivity contribution in [3.63, 3.8) is 0 Å². The van der Waals surface area contributed by atoms with Crippen LogP contribution in [0.4, 0.5) is 0 Å². The summed E-state index contributed by atoms with van der Waals surface area (Å²) in [6.07, 6.45) is 0.768. The molecule has 2 rings (SSSR count). The second kappa shape index (κ2) is 7.75. The molecule has 2 aromatic rings. The Morgan fingerprint density at radius 3 is 2.38 bits per heavy atom. The molecule has 2 aromatic carbocycles. The molecule has 4 nitrogen and oxygen atoms in total. The number of sulfonamides is 1. The highest BCUT2D eigenvalue weighted by molar-refractivity contribution is 7.89. The first-order valence-corrected chi connectivity index (χ1v) is 8.23.